The minimum Gasteiger partial charge on any atom is -0.353 e. The molecule has 1 aliphatic carbocycles. The molecule has 1 amide bonds. The van der Waals surface area contributed by atoms with Crippen molar-refractivity contribution in [3.8, 4) is 0 Å². The summed E-state index contributed by atoms with van der Waals surface area (Å²) in [6, 6.07) is 0.463. The highest BCUT2D eigenvalue weighted by molar-refractivity contribution is 5.76. The van der Waals surface area contributed by atoms with Crippen LogP contribution in [-0.2, 0) is 4.79 Å². The number of nitrogens with one attached hydrogen (secondary N) is 1. The molecule has 15 heavy (non-hydrogen) atoms. The lowest BCUT2D eigenvalue weighted by atomic mass is 9.80. The molecule has 1 fully saturated rings. The van der Waals surface area contributed by atoms with Crippen LogP contribution in [0, 0.1) is 11.3 Å². The van der Waals surface area contributed by atoms with Crippen molar-refractivity contribution in [3.05, 3.63) is 0 Å². The standard InChI is InChI=1S/C13H25NO/c1-10(13(2,3)4)9-12(15)14-11-7-5-6-8-11/h10-11H,5-9H2,1-4H3,(H,14,15). The summed E-state index contributed by atoms with van der Waals surface area (Å²) >= 11 is 0. The maximum Gasteiger partial charge on any atom is 0.220 e. The van der Waals surface area contributed by atoms with E-state index in [1.165, 1.54) is 25.7 Å². The molecule has 0 aromatic carbocycles. The Hall–Kier alpha value is -0.530. The van der Waals surface area contributed by atoms with Gasteiger partial charge < -0.3 is 5.32 Å². The van der Waals surface area contributed by atoms with Gasteiger partial charge in [0.2, 0.25) is 5.91 Å². The lowest BCUT2D eigenvalue weighted by Gasteiger charge is -2.27. The van der Waals surface area contributed by atoms with Crippen molar-refractivity contribution in [2.75, 3.05) is 0 Å². The fraction of sp³-hybridized carbons (Fsp3) is 0.923. The van der Waals surface area contributed by atoms with E-state index in [1.54, 1.807) is 0 Å². The van der Waals surface area contributed by atoms with Crippen molar-refractivity contribution in [3.63, 3.8) is 0 Å². The molecule has 1 atom stereocenters. The topological polar surface area (TPSA) is 29.1 Å². The molecule has 88 valence electrons. The summed E-state index contributed by atoms with van der Waals surface area (Å²) in [6.07, 6.45) is 5.57. The molecule has 2 nitrogen and oxygen atoms in total. The van der Waals surface area contributed by atoms with Gasteiger partial charge >= 0.3 is 0 Å². The van der Waals surface area contributed by atoms with Crippen LogP contribution in [0.5, 0.6) is 0 Å². The van der Waals surface area contributed by atoms with Crippen LogP contribution in [0.4, 0.5) is 0 Å². The zero-order valence-corrected chi connectivity index (χ0v) is 10.6. The number of hydrogen-bond acceptors (Lipinski definition) is 1. The molecule has 0 heterocycles. The number of rotatable bonds is 3. The van der Waals surface area contributed by atoms with Crippen molar-refractivity contribution < 1.29 is 4.79 Å². The van der Waals surface area contributed by atoms with Crippen molar-refractivity contribution in [1.29, 1.82) is 0 Å². The summed E-state index contributed by atoms with van der Waals surface area (Å²) in [5.74, 6) is 0.684. The molecule has 2 heteroatoms. The van der Waals surface area contributed by atoms with E-state index in [9.17, 15) is 4.79 Å². The second-order valence-corrected chi connectivity index (χ2v) is 6.02. The van der Waals surface area contributed by atoms with Crippen molar-refractivity contribution in [1.82, 2.24) is 5.32 Å². The highest BCUT2D eigenvalue weighted by atomic mass is 16.1. The Balaban J connectivity index is 2.29. The average Bonchev–Trinajstić information content (AvgIpc) is 2.54. The Morgan fingerprint density at radius 3 is 2.33 bits per heavy atom. The van der Waals surface area contributed by atoms with Gasteiger partial charge in [-0.05, 0) is 24.2 Å². The van der Waals surface area contributed by atoms with E-state index in [1.807, 2.05) is 0 Å². The predicted octanol–water partition coefficient (Wildman–Crippen LogP) is 3.12. The van der Waals surface area contributed by atoms with Crippen molar-refractivity contribution in [2.24, 2.45) is 11.3 Å². The Morgan fingerprint density at radius 2 is 1.87 bits per heavy atom. The van der Waals surface area contributed by atoms with E-state index < -0.39 is 0 Å². The van der Waals surface area contributed by atoms with Gasteiger partial charge in [-0.2, -0.15) is 0 Å². The predicted molar refractivity (Wildman–Crippen MR) is 63.6 cm³/mol. The zero-order chi connectivity index (χ0) is 11.5. The molecule has 1 saturated carbocycles. The largest absolute Gasteiger partial charge is 0.353 e. The molecule has 0 radical (unpaired) electrons. The van der Waals surface area contributed by atoms with Crippen molar-refractivity contribution >= 4 is 5.91 Å². The van der Waals surface area contributed by atoms with E-state index in [0.29, 0.717) is 18.4 Å². The highest BCUT2D eigenvalue weighted by Gasteiger charge is 2.24. The van der Waals surface area contributed by atoms with Gasteiger partial charge in [-0.25, -0.2) is 0 Å². The third-order valence-electron chi connectivity index (χ3n) is 3.69. The lowest BCUT2D eigenvalue weighted by molar-refractivity contribution is -0.123. The molecule has 0 saturated heterocycles. The Bertz CT molecular complexity index is 211. The van der Waals surface area contributed by atoms with Crippen LogP contribution in [0.2, 0.25) is 0 Å². The van der Waals surface area contributed by atoms with E-state index >= 15 is 0 Å². The van der Waals surface area contributed by atoms with Gasteiger partial charge in [0.1, 0.15) is 0 Å². The van der Waals surface area contributed by atoms with Gasteiger partial charge in [0.05, 0.1) is 0 Å². The monoisotopic (exact) mass is 211 g/mol. The van der Waals surface area contributed by atoms with E-state index in [2.05, 4.69) is 33.0 Å². The molecular weight excluding hydrogens is 186 g/mol. The second-order valence-electron chi connectivity index (χ2n) is 6.02. The molecule has 0 bridgehead atoms. The van der Waals surface area contributed by atoms with Gasteiger partial charge in [-0.15, -0.1) is 0 Å². The summed E-state index contributed by atoms with van der Waals surface area (Å²) in [6.45, 7) is 8.75. The minimum atomic E-state index is 0.229. The van der Waals surface area contributed by atoms with Crippen LogP contribution < -0.4 is 5.32 Å². The van der Waals surface area contributed by atoms with Gasteiger partial charge in [-0.1, -0.05) is 40.5 Å². The van der Waals surface area contributed by atoms with Crippen LogP contribution in [0.25, 0.3) is 0 Å². The number of carbonyl (C=O) groups excluding carboxylic acids is 1. The highest BCUT2D eigenvalue weighted by Crippen LogP contribution is 2.28. The summed E-state index contributed by atoms with van der Waals surface area (Å²) in [7, 11) is 0. The quantitative estimate of drug-likeness (QED) is 0.763. The summed E-state index contributed by atoms with van der Waals surface area (Å²) in [5.41, 5.74) is 0.229. The van der Waals surface area contributed by atoms with Crippen LogP contribution in [0.15, 0.2) is 0 Å². The Morgan fingerprint density at radius 1 is 1.33 bits per heavy atom. The molecule has 0 aromatic rings. The van der Waals surface area contributed by atoms with Gasteiger partial charge in [0.25, 0.3) is 0 Å². The first kappa shape index (κ1) is 12.5. The fourth-order valence-corrected chi connectivity index (χ4v) is 1.94. The SMILES string of the molecule is CC(CC(=O)NC1CCCC1)C(C)(C)C. The second kappa shape index (κ2) is 5.00. The maximum atomic E-state index is 11.7. The van der Waals surface area contributed by atoms with Crippen LogP contribution in [0.1, 0.15) is 59.8 Å². The van der Waals surface area contributed by atoms with E-state index in [-0.39, 0.29) is 11.3 Å². The maximum absolute atomic E-state index is 11.7. The fourth-order valence-electron chi connectivity index (χ4n) is 1.94. The average molecular weight is 211 g/mol. The molecule has 0 aromatic heterocycles. The zero-order valence-electron chi connectivity index (χ0n) is 10.6. The summed E-state index contributed by atoms with van der Waals surface area (Å²) in [5, 5.41) is 3.14. The van der Waals surface area contributed by atoms with Gasteiger partial charge in [0.15, 0.2) is 0 Å². The van der Waals surface area contributed by atoms with Gasteiger partial charge in [0, 0.05) is 12.5 Å². The van der Waals surface area contributed by atoms with E-state index in [0.717, 1.165) is 0 Å². The number of amides is 1. The molecule has 0 aliphatic heterocycles. The van der Waals surface area contributed by atoms with Gasteiger partial charge in [-0.3, -0.25) is 4.79 Å². The smallest absolute Gasteiger partial charge is 0.220 e. The van der Waals surface area contributed by atoms with Crippen LogP contribution >= 0.6 is 0 Å². The first-order valence-corrected chi connectivity index (χ1v) is 6.19. The normalized spacial score (nSPS) is 20.3. The molecule has 0 spiro atoms. The van der Waals surface area contributed by atoms with E-state index in [4.69, 9.17) is 0 Å². The first-order chi connectivity index (χ1) is 6.89. The van der Waals surface area contributed by atoms with Crippen LogP contribution in [0.3, 0.4) is 0 Å². The molecule has 1 N–H and O–H groups in total. The minimum absolute atomic E-state index is 0.229. The number of carbonyl (C=O) groups is 1. The van der Waals surface area contributed by atoms with Crippen LogP contribution in [-0.4, -0.2) is 11.9 Å². The third kappa shape index (κ3) is 4.23. The Kier molecular flexibility index (Phi) is 4.18. The number of hydrogen-bond donors (Lipinski definition) is 1. The Labute approximate surface area is 93.8 Å². The summed E-state index contributed by atoms with van der Waals surface area (Å²) < 4.78 is 0. The molecule has 1 rings (SSSR count). The van der Waals surface area contributed by atoms with Crippen molar-refractivity contribution in [2.45, 2.75) is 65.8 Å². The first-order valence-electron chi connectivity index (χ1n) is 6.19. The summed E-state index contributed by atoms with van der Waals surface area (Å²) in [4.78, 5) is 11.7. The molecule has 1 unspecified atom stereocenters. The molecular formula is C13H25NO. The third-order valence-corrected chi connectivity index (χ3v) is 3.69. The molecule has 1 aliphatic rings. The lowest BCUT2D eigenvalue weighted by Crippen LogP contribution is -2.35.